The molecule has 0 heterocycles. The molecular weight excluding hydrogens is 315 g/mol. The van der Waals surface area contributed by atoms with E-state index in [1.165, 1.54) is 18.2 Å². The molecule has 2 aromatic rings. The summed E-state index contributed by atoms with van der Waals surface area (Å²) in [6, 6.07) is 14.8. The van der Waals surface area contributed by atoms with Gasteiger partial charge in [0, 0.05) is 22.7 Å². The van der Waals surface area contributed by atoms with Crippen LogP contribution in [0.25, 0.3) is 0 Å². The molecule has 21 heavy (non-hydrogen) atoms. The van der Waals surface area contributed by atoms with Gasteiger partial charge in [0.05, 0.1) is 12.4 Å². The average Bonchev–Trinajstić information content (AvgIpc) is 2.43. The molecule has 112 valence electrons. The molecule has 0 aliphatic carbocycles. The third-order valence-electron chi connectivity index (χ3n) is 2.92. The molecule has 0 aliphatic rings. The Balaban J connectivity index is 2.13. The van der Waals surface area contributed by atoms with Gasteiger partial charge in [0.1, 0.15) is 11.6 Å². The highest BCUT2D eigenvalue weighted by Gasteiger charge is 2.20. The summed E-state index contributed by atoms with van der Waals surface area (Å²) >= 11 is 0. The third kappa shape index (κ3) is 5.36. The first-order valence-electron chi connectivity index (χ1n) is 6.30. The Labute approximate surface area is 127 Å². The second-order valence-electron chi connectivity index (χ2n) is 4.58. The van der Waals surface area contributed by atoms with Crippen LogP contribution < -0.4 is 4.74 Å². The maximum atomic E-state index is 13.1. The highest BCUT2D eigenvalue weighted by atomic mass is 35.7. The minimum atomic E-state index is -3.67. The number of halogens is 2. The maximum absolute atomic E-state index is 13.1. The van der Waals surface area contributed by atoms with E-state index in [2.05, 4.69) is 0 Å². The van der Waals surface area contributed by atoms with Crippen molar-refractivity contribution in [1.29, 1.82) is 0 Å². The zero-order valence-corrected chi connectivity index (χ0v) is 12.6. The van der Waals surface area contributed by atoms with Crippen molar-refractivity contribution < 1.29 is 17.5 Å². The summed E-state index contributed by atoms with van der Waals surface area (Å²) in [7, 11) is 1.68. The predicted octanol–water partition coefficient (Wildman–Crippen LogP) is 3.56. The van der Waals surface area contributed by atoms with Crippen LogP contribution in [0.3, 0.4) is 0 Å². The van der Waals surface area contributed by atoms with Crippen LogP contribution in [-0.4, -0.2) is 20.8 Å². The molecule has 0 bridgehead atoms. The van der Waals surface area contributed by atoms with Crippen LogP contribution in [0, 0.1) is 5.82 Å². The van der Waals surface area contributed by atoms with Gasteiger partial charge >= 0.3 is 0 Å². The summed E-state index contributed by atoms with van der Waals surface area (Å²) in [6.07, 6.45) is 0. The van der Waals surface area contributed by atoms with Gasteiger partial charge in [-0.3, -0.25) is 0 Å². The largest absolute Gasteiger partial charge is 0.493 e. The standard InChI is InChI=1S/C15H14ClFO3S/c16-21(18,19)11-13(12-5-2-1-3-6-12)10-20-15-8-4-7-14(17)9-15/h1-9,13H,10-11H2. The van der Waals surface area contributed by atoms with Crippen LogP contribution in [0.4, 0.5) is 4.39 Å². The van der Waals surface area contributed by atoms with E-state index < -0.39 is 20.8 Å². The fourth-order valence-electron chi connectivity index (χ4n) is 1.96. The van der Waals surface area contributed by atoms with Crippen LogP contribution >= 0.6 is 10.7 Å². The fourth-order valence-corrected chi connectivity index (χ4v) is 3.19. The molecule has 0 saturated carbocycles. The summed E-state index contributed by atoms with van der Waals surface area (Å²) < 4.78 is 41.2. The number of benzene rings is 2. The van der Waals surface area contributed by atoms with Gasteiger partial charge in [-0.15, -0.1) is 0 Å². The summed E-state index contributed by atoms with van der Waals surface area (Å²) in [5.41, 5.74) is 0.804. The van der Waals surface area contributed by atoms with Crippen LogP contribution in [0.2, 0.25) is 0 Å². The lowest BCUT2D eigenvalue weighted by molar-refractivity contribution is 0.295. The van der Waals surface area contributed by atoms with E-state index in [1.807, 2.05) is 30.3 Å². The van der Waals surface area contributed by atoms with E-state index in [-0.39, 0.29) is 12.4 Å². The molecule has 0 amide bonds. The van der Waals surface area contributed by atoms with E-state index in [1.54, 1.807) is 6.07 Å². The zero-order valence-electron chi connectivity index (χ0n) is 11.1. The van der Waals surface area contributed by atoms with Crippen molar-refractivity contribution in [3.05, 3.63) is 66.0 Å². The molecule has 0 fully saturated rings. The summed E-state index contributed by atoms with van der Waals surface area (Å²) in [4.78, 5) is 0. The van der Waals surface area contributed by atoms with Gasteiger partial charge in [-0.2, -0.15) is 0 Å². The molecule has 0 radical (unpaired) electrons. The van der Waals surface area contributed by atoms with Gasteiger partial charge in [-0.05, 0) is 17.7 Å². The zero-order chi connectivity index (χ0) is 15.3. The van der Waals surface area contributed by atoms with E-state index in [9.17, 15) is 12.8 Å². The van der Waals surface area contributed by atoms with Gasteiger partial charge in [0.2, 0.25) is 9.05 Å². The predicted molar refractivity (Wildman–Crippen MR) is 80.7 cm³/mol. The van der Waals surface area contributed by atoms with Gasteiger partial charge in [-0.25, -0.2) is 12.8 Å². The number of ether oxygens (including phenoxy) is 1. The fraction of sp³-hybridized carbons (Fsp3) is 0.200. The molecule has 6 heteroatoms. The smallest absolute Gasteiger partial charge is 0.233 e. The molecule has 0 aliphatic heterocycles. The molecule has 0 N–H and O–H groups in total. The molecule has 1 atom stereocenters. The Morgan fingerprint density at radius 1 is 1.10 bits per heavy atom. The van der Waals surface area contributed by atoms with Crippen molar-refractivity contribution in [3.8, 4) is 5.75 Å². The van der Waals surface area contributed by atoms with Crippen LogP contribution in [-0.2, 0) is 9.05 Å². The summed E-state index contributed by atoms with van der Waals surface area (Å²) in [5.74, 6) is -0.720. The first kappa shape index (κ1) is 15.8. The van der Waals surface area contributed by atoms with Crippen molar-refractivity contribution in [3.63, 3.8) is 0 Å². The molecular formula is C15H14ClFO3S. The lowest BCUT2D eigenvalue weighted by atomic mass is 10.0. The van der Waals surface area contributed by atoms with Crippen molar-refractivity contribution in [2.45, 2.75) is 5.92 Å². The maximum Gasteiger partial charge on any atom is 0.233 e. The average molecular weight is 329 g/mol. The van der Waals surface area contributed by atoms with Crippen molar-refractivity contribution in [2.75, 3.05) is 12.4 Å². The Bertz CT molecular complexity index is 689. The van der Waals surface area contributed by atoms with Gasteiger partial charge in [0.25, 0.3) is 0 Å². The number of hydrogen-bond donors (Lipinski definition) is 0. The summed E-state index contributed by atoms with van der Waals surface area (Å²) in [6.45, 7) is 0.0966. The van der Waals surface area contributed by atoms with E-state index >= 15 is 0 Å². The van der Waals surface area contributed by atoms with Crippen LogP contribution in [0.1, 0.15) is 11.5 Å². The van der Waals surface area contributed by atoms with Gasteiger partial charge in [-0.1, -0.05) is 36.4 Å². The first-order chi connectivity index (χ1) is 9.94. The lowest BCUT2D eigenvalue weighted by Crippen LogP contribution is -2.18. The first-order valence-corrected chi connectivity index (χ1v) is 8.77. The SMILES string of the molecule is O=S(=O)(Cl)CC(COc1cccc(F)c1)c1ccccc1. The molecule has 0 saturated heterocycles. The highest BCUT2D eigenvalue weighted by Crippen LogP contribution is 2.22. The normalized spacial score (nSPS) is 12.9. The van der Waals surface area contributed by atoms with E-state index in [0.717, 1.165) is 5.56 Å². The minimum Gasteiger partial charge on any atom is -0.493 e. The molecule has 2 aromatic carbocycles. The number of rotatable bonds is 6. The number of hydrogen-bond acceptors (Lipinski definition) is 3. The molecule has 0 aromatic heterocycles. The molecule has 2 rings (SSSR count). The van der Waals surface area contributed by atoms with E-state index in [0.29, 0.717) is 5.75 Å². The third-order valence-corrected chi connectivity index (χ3v) is 4.10. The quantitative estimate of drug-likeness (QED) is 0.762. The van der Waals surface area contributed by atoms with Gasteiger partial charge in [0.15, 0.2) is 0 Å². The Kier molecular flexibility index (Phi) is 5.20. The lowest BCUT2D eigenvalue weighted by Gasteiger charge is -2.16. The minimum absolute atomic E-state index is 0.0966. The van der Waals surface area contributed by atoms with Crippen molar-refractivity contribution in [2.24, 2.45) is 0 Å². The Morgan fingerprint density at radius 3 is 2.43 bits per heavy atom. The molecule has 3 nitrogen and oxygen atoms in total. The van der Waals surface area contributed by atoms with Crippen molar-refractivity contribution in [1.82, 2.24) is 0 Å². The topological polar surface area (TPSA) is 43.4 Å². The molecule has 1 unspecified atom stereocenters. The second-order valence-corrected chi connectivity index (χ2v) is 7.40. The highest BCUT2D eigenvalue weighted by molar-refractivity contribution is 8.13. The van der Waals surface area contributed by atoms with Crippen LogP contribution in [0.5, 0.6) is 5.75 Å². The van der Waals surface area contributed by atoms with Crippen LogP contribution in [0.15, 0.2) is 54.6 Å². The summed E-state index contributed by atoms with van der Waals surface area (Å²) in [5, 5.41) is 0. The van der Waals surface area contributed by atoms with Crippen molar-refractivity contribution >= 4 is 19.7 Å². The second kappa shape index (κ2) is 6.91. The monoisotopic (exact) mass is 328 g/mol. The molecule has 0 spiro atoms. The Morgan fingerprint density at radius 2 is 1.81 bits per heavy atom. The van der Waals surface area contributed by atoms with E-state index in [4.69, 9.17) is 15.4 Å². The Hall–Kier alpha value is -1.59. The van der Waals surface area contributed by atoms with Gasteiger partial charge < -0.3 is 4.74 Å².